The van der Waals surface area contributed by atoms with Crippen LogP contribution in [0.25, 0.3) is 11.0 Å². The highest BCUT2D eigenvalue weighted by Crippen LogP contribution is 2.22. The summed E-state index contributed by atoms with van der Waals surface area (Å²) in [6, 6.07) is 12.2. The highest BCUT2D eigenvalue weighted by atomic mass is 16.2. The van der Waals surface area contributed by atoms with Gasteiger partial charge in [0.1, 0.15) is 0 Å². The molecule has 5 nitrogen and oxygen atoms in total. The predicted molar refractivity (Wildman–Crippen MR) is 99.7 cm³/mol. The van der Waals surface area contributed by atoms with E-state index in [1.54, 1.807) is 9.58 Å². The molecular weight excluding hydrogens is 312 g/mol. The van der Waals surface area contributed by atoms with E-state index in [4.69, 9.17) is 0 Å². The largest absolute Gasteiger partial charge is 0.342 e. The second kappa shape index (κ2) is 7.05. The second-order valence-electron chi connectivity index (χ2n) is 6.53. The smallest absolute Gasteiger partial charge is 0.254 e. The molecule has 1 aromatic carbocycles. The molecule has 3 aromatic rings. The lowest BCUT2D eigenvalue weighted by Crippen LogP contribution is -2.28. The van der Waals surface area contributed by atoms with Crippen molar-refractivity contribution in [2.24, 2.45) is 7.05 Å². The van der Waals surface area contributed by atoms with Gasteiger partial charge < -0.3 is 4.90 Å². The van der Waals surface area contributed by atoms with Crippen LogP contribution in [0.2, 0.25) is 0 Å². The van der Waals surface area contributed by atoms with Gasteiger partial charge in [0.05, 0.1) is 16.6 Å². The number of rotatable bonds is 5. The van der Waals surface area contributed by atoms with Gasteiger partial charge in [-0.2, -0.15) is 5.10 Å². The Labute approximate surface area is 148 Å². The lowest BCUT2D eigenvalue weighted by atomic mass is 10.1. The Balaban J connectivity index is 1.77. The molecule has 0 aliphatic heterocycles. The molecule has 0 saturated heterocycles. The fraction of sp³-hybridized carbons (Fsp3) is 0.350. The Morgan fingerprint density at radius 2 is 1.92 bits per heavy atom. The molecule has 0 atom stereocenters. The molecule has 1 amide bonds. The van der Waals surface area contributed by atoms with Crippen LogP contribution in [0.3, 0.4) is 0 Å². The molecule has 25 heavy (non-hydrogen) atoms. The van der Waals surface area contributed by atoms with Crippen molar-refractivity contribution in [3.05, 3.63) is 58.9 Å². The zero-order valence-corrected chi connectivity index (χ0v) is 15.3. The van der Waals surface area contributed by atoms with Crippen molar-refractivity contribution in [1.29, 1.82) is 0 Å². The maximum atomic E-state index is 13.0. The molecule has 5 heteroatoms. The van der Waals surface area contributed by atoms with Gasteiger partial charge in [-0.05, 0) is 38.3 Å². The van der Waals surface area contributed by atoms with E-state index in [9.17, 15) is 4.79 Å². The topological polar surface area (TPSA) is 51.0 Å². The van der Waals surface area contributed by atoms with Crippen LogP contribution in [0.15, 0.2) is 36.4 Å². The van der Waals surface area contributed by atoms with Crippen LogP contribution >= 0.6 is 0 Å². The molecule has 0 aliphatic carbocycles. The van der Waals surface area contributed by atoms with Crippen LogP contribution in [0, 0.1) is 13.8 Å². The number of aryl methyl sites for hydroxylation is 4. The van der Waals surface area contributed by atoms with Crippen molar-refractivity contribution in [3.63, 3.8) is 0 Å². The predicted octanol–water partition coefficient (Wildman–Crippen LogP) is 3.29. The molecular formula is C20H24N4O. The summed E-state index contributed by atoms with van der Waals surface area (Å²) in [6.07, 6.45) is 1.90. The summed E-state index contributed by atoms with van der Waals surface area (Å²) in [5.41, 5.74) is 4.42. The van der Waals surface area contributed by atoms with Gasteiger partial charge in [-0.1, -0.05) is 30.3 Å². The van der Waals surface area contributed by atoms with E-state index in [2.05, 4.69) is 22.2 Å². The van der Waals surface area contributed by atoms with E-state index in [-0.39, 0.29) is 5.91 Å². The SMILES string of the molecule is Cc1cc(C(=O)N(C)CCCc2ccccc2)c2c(C)nn(C)c2n1. The first-order valence-electron chi connectivity index (χ1n) is 8.57. The summed E-state index contributed by atoms with van der Waals surface area (Å²) in [7, 11) is 3.72. The molecule has 0 N–H and O–H groups in total. The fourth-order valence-electron chi connectivity index (χ4n) is 3.21. The Kier molecular flexibility index (Phi) is 4.83. The molecule has 0 radical (unpaired) electrons. The third kappa shape index (κ3) is 3.55. The first kappa shape index (κ1) is 17.1. The molecule has 2 heterocycles. The standard InChI is InChI=1S/C20H24N4O/c1-14-13-17(18-15(2)22-24(4)19(18)21-14)20(25)23(3)12-8-11-16-9-6-5-7-10-16/h5-7,9-10,13H,8,11-12H2,1-4H3. The lowest BCUT2D eigenvalue weighted by Gasteiger charge is -2.18. The van der Waals surface area contributed by atoms with Gasteiger partial charge in [-0.3, -0.25) is 9.48 Å². The first-order valence-corrected chi connectivity index (χ1v) is 8.57. The molecule has 0 spiro atoms. The van der Waals surface area contributed by atoms with Gasteiger partial charge in [0.25, 0.3) is 5.91 Å². The normalized spacial score (nSPS) is 11.0. The summed E-state index contributed by atoms with van der Waals surface area (Å²) in [5.74, 6) is 0.0275. The van der Waals surface area contributed by atoms with Crippen LogP contribution in [-0.4, -0.2) is 39.2 Å². The monoisotopic (exact) mass is 336 g/mol. The maximum absolute atomic E-state index is 13.0. The average molecular weight is 336 g/mol. The van der Waals surface area contributed by atoms with E-state index in [0.29, 0.717) is 5.56 Å². The summed E-state index contributed by atoms with van der Waals surface area (Å²) in [6.45, 7) is 4.55. The van der Waals surface area contributed by atoms with Crippen molar-refractivity contribution in [2.45, 2.75) is 26.7 Å². The van der Waals surface area contributed by atoms with Crippen LogP contribution in [0.5, 0.6) is 0 Å². The number of carbonyl (C=O) groups excluding carboxylic acids is 1. The summed E-state index contributed by atoms with van der Waals surface area (Å²) < 4.78 is 1.74. The van der Waals surface area contributed by atoms with Gasteiger partial charge in [-0.15, -0.1) is 0 Å². The van der Waals surface area contributed by atoms with Crippen LogP contribution in [0.1, 0.15) is 33.7 Å². The van der Waals surface area contributed by atoms with Crippen molar-refractivity contribution >= 4 is 16.9 Å². The molecule has 0 saturated carbocycles. The van der Waals surface area contributed by atoms with Crippen molar-refractivity contribution < 1.29 is 4.79 Å². The van der Waals surface area contributed by atoms with Crippen molar-refractivity contribution in [3.8, 4) is 0 Å². The van der Waals surface area contributed by atoms with Crippen LogP contribution in [0.4, 0.5) is 0 Å². The first-order chi connectivity index (χ1) is 12.0. The number of pyridine rings is 1. The minimum atomic E-state index is 0.0275. The van der Waals surface area contributed by atoms with Gasteiger partial charge in [0, 0.05) is 26.3 Å². The van der Waals surface area contributed by atoms with Gasteiger partial charge >= 0.3 is 0 Å². The van der Waals surface area contributed by atoms with E-state index in [1.165, 1.54) is 5.56 Å². The average Bonchev–Trinajstić information content (AvgIpc) is 2.88. The third-order valence-electron chi connectivity index (χ3n) is 4.48. The number of carbonyl (C=O) groups is 1. The summed E-state index contributed by atoms with van der Waals surface area (Å²) >= 11 is 0. The van der Waals surface area contributed by atoms with Gasteiger partial charge in [-0.25, -0.2) is 4.98 Å². The number of hydrogen-bond acceptors (Lipinski definition) is 3. The highest BCUT2D eigenvalue weighted by molar-refractivity contribution is 6.06. The summed E-state index contributed by atoms with van der Waals surface area (Å²) in [4.78, 5) is 19.3. The van der Waals surface area contributed by atoms with Crippen molar-refractivity contribution in [2.75, 3.05) is 13.6 Å². The quantitative estimate of drug-likeness (QED) is 0.718. The number of amides is 1. The minimum absolute atomic E-state index is 0.0275. The molecule has 130 valence electrons. The number of fused-ring (bicyclic) bond motifs is 1. The lowest BCUT2D eigenvalue weighted by molar-refractivity contribution is 0.0795. The second-order valence-corrected chi connectivity index (χ2v) is 6.53. The van der Waals surface area contributed by atoms with E-state index in [0.717, 1.165) is 41.8 Å². The van der Waals surface area contributed by atoms with Crippen LogP contribution in [-0.2, 0) is 13.5 Å². The highest BCUT2D eigenvalue weighted by Gasteiger charge is 2.20. The van der Waals surface area contributed by atoms with Crippen molar-refractivity contribution in [1.82, 2.24) is 19.7 Å². The Hall–Kier alpha value is -2.69. The number of hydrogen-bond donors (Lipinski definition) is 0. The molecule has 0 unspecified atom stereocenters. The minimum Gasteiger partial charge on any atom is -0.342 e. The van der Waals surface area contributed by atoms with Gasteiger partial charge in [0.15, 0.2) is 5.65 Å². The van der Waals surface area contributed by atoms with E-state index < -0.39 is 0 Å². The number of aromatic nitrogens is 3. The van der Waals surface area contributed by atoms with Crippen LogP contribution < -0.4 is 0 Å². The summed E-state index contributed by atoms with van der Waals surface area (Å²) in [5, 5.41) is 5.27. The molecule has 2 aromatic heterocycles. The molecule has 0 bridgehead atoms. The number of benzene rings is 1. The zero-order chi connectivity index (χ0) is 18.0. The Morgan fingerprint density at radius 3 is 2.64 bits per heavy atom. The molecule has 0 aliphatic rings. The zero-order valence-electron chi connectivity index (χ0n) is 15.3. The number of nitrogens with zero attached hydrogens (tertiary/aromatic N) is 4. The third-order valence-corrected chi connectivity index (χ3v) is 4.48. The Bertz CT molecular complexity index is 899. The van der Waals surface area contributed by atoms with E-state index in [1.807, 2.05) is 52.2 Å². The Morgan fingerprint density at radius 1 is 1.20 bits per heavy atom. The fourth-order valence-corrected chi connectivity index (χ4v) is 3.21. The molecule has 0 fully saturated rings. The maximum Gasteiger partial charge on any atom is 0.254 e. The van der Waals surface area contributed by atoms with Gasteiger partial charge in [0.2, 0.25) is 0 Å². The molecule has 3 rings (SSSR count). The van der Waals surface area contributed by atoms with E-state index >= 15 is 0 Å².